The summed E-state index contributed by atoms with van der Waals surface area (Å²) in [5.74, 6) is -0.0215. The Morgan fingerprint density at radius 2 is 1.78 bits per heavy atom. The standard InChI is InChI=1S/C24H20BrClN2O4/c1-15-3-4-16(2)22(11-15)31-14-23(29)28-27-13-18-12-19(25)7-10-21(18)32-24(30)17-5-8-20(26)9-6-17/h3-13H,14H2,1-2H3,(H,28,29)/b27-13+. The second-order valence-corrected chi connectivity index (χ2v) is 8.28. The summed E-state index contributed by atoms with van der Waals surface area (Å²) in [5.41, 5.74) is 5.24. The molecule has 0 bridgehead atoms. The van der Waals surface area contributed by atoms with Crippen LogP contribution < -0.4 is 14.9 Å². The molecule has 32 heavy (non-hydrogen) atoms. The zero-order valence-corrected chi connectivity index (χ0v) is 19.7. The molecule has 0 atom stereocenters. The third-order valence-electron chi connectivity index (χ3n) is 4.35. The van der Waals surface area contributed by atoms with Gasteiger partial charge in [-0.05, 0) is 73.5 Å². The van der Waals surface area contributed by atoms with Crippen molar-refractivity contribution in [3.63, 3.8) is 0 Å². The van der Waals surface area contributed by atoms with Crippen molar-refractivity contribution in [2.75, 3.05) is 6.61 Å². The number of hydrogen-bond acceptors (Lipinski definition) is 5. The average molecular weight is 516 g/mol. The van der Waals surface area contributed by atoms with Crippen LogP contribution in [0, 0.1) is 13.8 Å². The van der Waals surface area contributed by atoms with Crippen molar-refractivity contribution in [3.05, 3.63) is 92.4 Å². The van der Waals surface area contributed by atoms with E-state index >= 15 is 0 Å². The van der Waals surface area contributed by atoms with E-state index in [0.717, 1.165) is 15.6 Å². The van der Waals surface area contributed by atoms with Crippen molar-refractivity contribution >= 4 is 45.6 Å². The lowest BCUT2D eigenvalue weighted by Crippen LogP contribution is -2.24. The SMILES string of the molecule is Cc1ccc(C)c(OCC(=O)N/N=C/c2cc(Br)ccc2OC(=O)c2ccc(Cl)cc2)c1. The summed E-state index contributed by atoms with van der Waals surface area (Å²) in [7, 11) is 0. The first-order chi connectivity index (χ1) is 15.3. The van der Waals surface area contributed by atoms with Gasteiger partial charge in [0.15, 0.2) is 6.61 Å². The van der Waals surface area contributed by atoms with E-state index in [0.29, 0.717) is 21.9 Å². The zero-order chi connectivity index (χ0) is 23.1. The van der Waals surface area contributed by atoms with E-state index in [-0.39, 0.29) is 12.4 Å². The molecule has 1 amide bonds. The van der Waals surface area contributed by atoms with Gasteiger partial charge in [0, 0.05) is 15.1 Å². The van der Waals surface area contributed by atoms with Gasteiger partial charge in [-0.2, -0.15) is 5.10 Å². The van der Waals surface area contributed by atoms with Gasteiger partial charge >= 0.3 is 5.97 Å². The van der Waals surface area contributed by atoms with Gasteiger partial charge in [0.1, 0.15) is 11.5 Å². The Hall–Kier alpha value is -3.16. The summed E-state index contributed by atoms with van der Waals surface area (Å²) in [6, 6.07) is 17.2. The fourth-order valence-electron chi connectivity index (χ4n) is 2.67. The monoisotopic (exact) mass is 514 g/mol. The maximum atomic E-state index is 12.4. The number of amides is 1. The number of ether oxygens (including phenoxy) is 2. The second kappa shape index (κ2) is 10.9. The predicted octanol–water partition coefficient (Wildman–Crippen LogP) is 5.47. The Balaban J connectivity index is 1.62. The number of rotatable bonds is 7. The van der Waals surface area contributed by atoms with Gasteiger partial charge in [0.2, 0.25) is 0 Å². The van der Waals surface area contributed by atoms with E-state index in [2.05, 4.69) is 26.5 Å². The average Bonchev–Trinajstić information content (AvgIpc) is 2.76. The maximum Gasteiger partial charge on any atom is 0.343 e. The Morgan fingerprint density at radius 1 is 1.03 bits per heavy atom. The lowest BCUT2D eigenvalue weighted by Gasteiger charge is -2.09. The first kappa shape index (κ1) is 23.5. The van der Waals surface area contributed by atoms with Gasteiger partial charge in [0.25, 0.3) is 5.91 Å². The minimum absolute atomic E-state index is 0.182. The van der Waals surface area contributed by atoms with E-state index in [9.17, 15) is 9.59 Å². The van der Waals surface area contributed by atoms with E-state index in [1.807, 2.05) is 32.0 Å². The van der Waals surface area contributed by atoms with Gasteiger partial charge in [-0.1, -0.05) is 39.7 Å². The Kier molecular flexibility index (Phi) is 8.03. The molecule has 0 radical (unpaired) electrons. The molecule has 1 N–H and O–H groups in total. The van der Waals surface area contributed by atoms with Crippen molar-refractivity contribution in [1.82, 2.24) is 5.43 Å². The van der Waals surface area contributed by atoms with Crippen LogP contribution in [0.2, 0.25) is 5.02 Å². The van der Waals surface area contributed by atoms with Crippen LogP contribution >= 0.6 is 27.5 Å². The minimum atomic E-state index is -0.537. The third-order valence-corrected chi connectivity index (χ3v) is 5.09. The molecule has 0 fully saturated rings. The van der Waals surface area contributed by atoms with Crippen molar-refractivity contribution in [2.24, 2.45) is 5.10 Å². The largest absolute Gasteiger partial charge is 0.483 e. The smallest absolute Gasteiger partial charge is 0.343 e. The lowest BCUT2D eigenvalue weighted by atomic mass is 10.1. The molecule has 3 aromatic carbocycles. The Bertz CT molecular complexity index is 1160. The molecule has 164 valence electrons. The van der Waals surface area contributed by atoms with E-state index in [1.54, 1.807) is 42.5 Å². The van der Waals surface area contributed by atoms with Gasteiger partial charge in [0.05, 0.1) is 11.8 Å². The molecule has 0 heterocycles. The van der Waals surface area contributed by atoms with Crippen molar-refractivity contribution in [1.29, 1.82) is 0 Å². The Labute approximate surface area is 199 Å². The van der Waals surface area contributed by atoms with E-state index in [4.69, 9.17) is 21.1 Å². The normalized spacial score (nSPS) is 10.8. The van der Waals surface area contributed by atoms with Gasteiger partial charge < -0.3 is 9.47 Å². The minimum Gasteiger partial charge on any atom is -0.483 e. The highest BCUT2D eigenvalue weighted by atomic mass is 79.9. The highest BCUT2D eigenvalue weighted by Crippen LogP contribution is 2.23. The molecule has 0 aliphatic heterocycles. The molecule has 0 spiro atoms. The molecule has 0 aromatic heterocycles. The summed E-state index contributed by atoms with van der Waals surface area (Å²) in [6.45, 7) is 3.68. The highest BCUT2D eigenvalue weighted by Gasteiger charge is 2.12. The van der Waals surface area contributed by atoms with Crippen LogP contribution in [0.15, 0.2) is 70.2 Å². The molecular formula is C24H20BrClN2O4. The van der Waals surface area contributed by atoms with Gasteiger partial charge in [-0.25, -0.2) is 10.2 Å². The summed E-state index contributed by atoms with van der Waals surface area (Å²) in [4.78, 5) is 24.5. The number of carbonyl (C=O) groups is 2. The number of carbonyl (C=O) groups excluding carboxylic acids is 2. The predicted molar refractivity (Wildman–Crippen MR) is 128 cm³/mol. The number of benzene rings is 3. The van der Waals surface area contributed by atoms with Crippen LogP contribution in [-0.4, -0.2) is 24.7 Å². The molecule has 3 aromatic rings. The summed E-state index contributed by atoms with van der Waals surface area (Å²) in [6.07, 6.45) is 1.39. The summed E-state index contributed by atoms with van der Waals surface area (Å²) in [5, 5.41) is 4.48. The third kappa shape index (κ3) is 6.67. The number of hydrazone groups is 1. The fraction of sp³-hybridized carbons (Fsp3) is 0.125. The molecule has 0 aliphatic rings. The molecule has 8 heteroatoms. The van der Waals surface area contributed by atoms with Crippen molar-refractivity contribution in [3.8, 4) is 11.5 Å². The van der Waals surface area contributed by atoms with Crippen LogP contribution in [0.1, 0.15) is 27.0 Å². The number of nitrogens with one attached hydrogen (secondary N) is 1. The number of esters is 1. The molecule has 0 saturated carbocycles. The first-order valence-electron chi connectivity index (χ1n) is 9.61. The molecule has 6 nitrogen and oxygen atoms in total. The number of aryl methyl sites for hydroxylation is 2. The van der Waals surface area contributed by atoms with E-state index < -0.39 is 11.9 Å². The summed E-state index contributed by atoms with van der Waals surface area (Å²) >= 11 is 9.23. The van der Waals surface area contributed by atoms with Crippen molar-refractivity contribution < 1.29 is 19.1 Å². The topological polar surface area (TPSA) is 77.0 Å². The van der Waals surface area contributed by atoms with Crippen LogP contribution in [0.3, 0.4) is 0 Å². The number of nitrogens with zero attached hydrogens (tertiary/aromatic N) is 1. The molecule has 0 saturated heterocycles. The van der Waals surface area contributed by atoms with Crippen molar-refractivity contribution in [2.45, 2.75) is 13.8 Å². The molecular weight excluding hydrogens is 496 g/mol. The van der Waals surface area contributed by atoms with Gasteiger partial charge in [-0.3, -0.25) is 4.79 Å². The van der Waals surface area contributed by atoms with Gasteiger partial charge in [-0.15, -0.1) is 0 Å². The highest BCUT2D eigenvalue weighted by molar-refractivity contribution is 9.10. The number of halogens is 2. The van der Waals surface area contributed by atoms with E-state index in [1.165, 1.54) is 6.21 Å². The second-order valence-electron chi connectivity index (χ2n) is 6.93. The zero-order valence-electron chi connectivity index (χ0n) is 17.4. The fourth-order valence-corrected chi connectivity index (χ4v) is 3.17. The molecule has 0 aliphatic carbocycles. The van der Waals surface area contributed by atoms with Crippen LogP contribution in [0.4, 0.5) is 0 Å². The summed E-state index contributed by atoms with van der Waals surface area (Å²) < 4.78 is 11.8. The quantitative estimate of drug-likeness (QED) is 0.196. The Morgan fingerprint density at radius 3 is 2.53 bits per heavy atom. The molecule has 3 rings (SSSR count). The maximum absolute atomic E-state index is 12.4. The lowest BCUT2D eigenvalue weighted by molar-refractivity contribution is -0.123. The first-order valence-corrected chi connectivity index (χ1v) is 10.8. The van der Waals surface area contributed by atoms with Crippen LogP contribution in [-0.2, 0) is 4.79 Å². The number of hydrogen-bond donors (Lipinski definition) is 1. The van der Waals surface area contributed by atoms with Crippen LogP contribution in [0.5, 0.6) is 11.5 Å². The van der Waals surface area contributed by atoms with Crippen LogP contribution in [0.25, 0.3) is 0 Å². The molecule has 0 unspecified atom stereocenters.